The SMILES string of the molecule is Cc1ccn(C(CC(C)C)C(=O)N[C@@H](CC(=O)O)c2cnc(C)c(N3CCCCC3)c2)c(=O)c1. The van der Waals surface area contributed by atoms with E-state index in [0.717, 1.165) is 42.9 Å². The molecule has 1 fully saturated rings. The fourth-order valence-corrected chi connectivity index (χ4v) is 4.52. The number of carboxylic acids is 1. The summed E-state index contributed by atoms with van der Waals surface area (Å²) < 4.78 is 1.44. The van der Waals surface area contributed by atoms with Crippen LogP contribution >= 0.6 is 0 Å². The number of hydrogen-bond acceptors (Lipinski definition) is 5. The second-order valence-electron chi connectivity index (χ2n) is 9.67. The van der Waals surface area contributed by atoms with E-state index in [1.54, 1.807) is 18.5 Å². The Hall–Kier alpha value is -3.16. The van der Waals surface area contributed by atoms with Gasteiger partial charge in [-0.15, -0.1) is 0 Å². The molecular formula is C26H36N4O4. The van der Waals surface area contributed by atoms with Gasteiger partial charge in [0.15, 0.2) is 0 Å². The van der Waals surface area contributed by atoms with Crippen molar-refractivity contribution in [3.05, 3.63) is 57.8 Å². The lowest BCUT2D eigenvalue weighted by Gasteiger charge is -2.31. The molecule has 1 aliphatic heterocycles. The molecule has 0 aromatic carbocycles. The highest BCUT2D eigenvalue weighted by Crippen LogP contribution is 2.28. The standard InChI is InChI=1S/C26H36N4O4/c1-17(2)12-23(30-11-8-18(3)13-24(30)31)26(34)28-21(15-25(32)33)20-14-22(19(4)27-16-20)29-9-6-5-7-10-29/h8,11,13-14,16-17,21,23H,5-7,9-10,12,15H2,1-4H3,(H,28,34)(H,32,33)/t21-,23?/m0/s1. The number of aryl methyl sites for hydroxylation is 2. The summed E-state index contributed by atoms with van der Waals surface area (Å²) in [5, 5.41) is 12.5. The minimum Gasteiger partial charge on any atom is -0.481 e. The summed E-state index contributed by atoms with van der Waals surface area (Å²) >= 11 is 0. The third kappa shape index (κ3) is 6.46. The second-order valence-corrected chi connectivity index (χ2v) is 9.67. The van der Waals surface area contributed by atoms with E-state index in [1.165, 1.54) is 17.1 Å². The molecule has 8 heteroatoms. The summed E-state index contributed by atoms with van der Waals surface area (Å²) in [4.78, 5) is 44.6. The Morgan fingerprint density at radius 2 is 1.85 bits per heavy atom. The molecule has 2 aromatic rings. The van der Waals surface area contributed by atoms with Crippen molar-refractivity contribution in [3.8, 4) is 0 Å². The fourth-order valence-electron chi connectivity index (χ4n) is 4.52. The number of hydrogen-bond donors (Lipinski definition) is 2. The summed E-state index contributed by atoms with van der Waals surface area (Å²) in [6.45, 7) is 9.63. The molecule has 0 bridgehead atoms. The lowest BCUT2D eigenvalue weighted by Crippen LogP contribution is -2.40. The first kappa shape index (κ1) is 25.5. The van der Waals surface area contributed by atoms with Crippen molar-refractivity contribution in [1.29, 1.82) is 0 Å². The summed E-state index contributed by atoms with van der Waals surface area (Å²) in [5.74, 6) is -1.22. The van der Waals surface area contributed by atoms with Gasteiger partial charge in [0.1, 0.15) is 6.04 Å². The third-order valence-electron chi connectivity index (χ3n) is 6.31. The zero-order chi connectivity index (χ0) is 24.8. The maximum absolute atomic E-state index is 13.4. The number of aromatic nitrogens is 2. The lowest BCUT2D eigenvalue weighted by molar-refractivity contribution is -0.138. The molecule has 0 saturated carbocycles. The number of amides is 1. The molecule has 3 heterocycles. The van der Waals surface area contributed by atoms with Crippen molar-refractivity contribution in [2.45, 2.75) is 71.9 Å². The van der Waals surface area contributed by atoms with Crippen LogP contribution in [0.25, 0.3) is 0 Å². The number of anilines is 1. The predicted molar refractivity (Wildman–Crippen MR) is 132 cm³/mol. The molecule has 2 aromatic heterocycles. The Kier molecular flexibility index (Phi) is 8.47. The van der Waals surface area contributed by atoms with Crippen LogP contribution in [0.5, 0.6) is 0 Å². The van der Waals surface area contributed by atoms with E-state index in [9.17, 15) is 19.5 Å². The highest BCUT2D eigenvalue weighted by Gasteiger charge is 2.27. The zero-order valence-corrected chi connectivity index (χ0v) is 20.6. The van der Waals surface area contributed by atoms with E-state index in [0.29, 0.717) is 12.0 Å². The van der Waals surface area contributed by atoms with E-state index < -0.39 is 18.1 Å². The van der Waals surface area contributed by atoms with Gasteiger partial charge in [-0.1, -0.05) is 13.8 Å². The molecule has 184 valence electrons. The normalized spacial score (nSPS) is 15.7. The summed E-state index contributed by atoms with van der Waals surface area (Å²) in [6, 6.07) is 3.77. The quantitative estimate of drug-likeness (QED) is 0.581. The highest BCUT2D eigenvalue weighted by atomic mass is 16.4. The van der Waals surface area contributed by atoms with Crippen LogP contribution in [0.4, 0.5) is 5.69 Å². The molecule has 1 amide bonds. The van der Waals surface area contributed by atoms with Crippen molar-refractivity contribution >= 4 is 17.6 Å². The minimum atomic E-state index is -1.02. The van der Waals surface area contributed by atoms with Gasteiger partial charge in [0.25, 0.3) is 5.56 Å². The molecule has 1 aliphatic rings. The van der Waals surface area contributed by atoms with Crippen molar-refractivity contribution in [2.24, 2.45) is 5.92 Å². The smallest absolute Gasteiger partial charge is 0.305 e. The molecule has 3 rings (SSSR count). The van der Waals surface area contributed by atoms with Crippen molar-refractivity contribution in [3.63, 3.8) is 0 Å². The number of aliphatic carboxylic acids is 1. The van der Waals surface area contributed by atoms with Gasteiger partial charge in [-0.05, 0) is 68.7 Å². The largest absolute Gasteiger partial charge is 0.481 e. The molecule has 1 unspecified atom stereocenters. The van der Waals surface area contributed by atoms with Crippen LogP contribution in [0.1, 0.15) is 74.9 Å². The highest BCUT2D eigenvalue weighted by molar-refractivity contribution is 5.81. The Morgan fingerprint density at radius 1 is 1.15 bits per heavy atom. The first-order valence-electron chi connectivity index (χ1n) is 12.1. The topological polar surface area (TPSA) is 105 Å². The van der Waals surface area contributed by atoms with Crippen LogP contribution in [0, 0.1) is 19.8 Å². The maximum atomic E-state index is 13.4. The van der Waals surface area contributed by atoms with Crippen LogP contribution < -0.4 is 15.8 Å². The van der Waals surface area contributed by atoms with E-state index in [2.05, 4.69) is 15.2 Å². The third-order valence-corrected chi connectivity index (χ3v) is 6.31. The van der Waals surface area contributed by atoms with Crippen LogP contribution in [0.2, 0.25) is 0 Å². The van der Waals surface area contributed by atoms with Crippen molar-refractivity contribution < 1.29 is 14.7 Å². The van der Waals surface area contributed by atoms with Crippen molar-refractivity contribution in [2.75, 3.05) is 18.0 Å². The number of nitrogens with one attached hydrogen (secondary N) is 1. The fraction of sp³-hybridized carbons (Fsp3) is 0.538. The van der Waals surface area contributed by atoms with E-state index in [1.807, 2.05) is 33.8 Å². The number of rotatable bonds is 9. The lowest BCUT2D eigenvalue weighted by atomic mass is 9.99. The number of piperidine rings is 1. The number of nitrogens with zero attached hydrogens (tertiary/aromatic N) is 3. The van der Waals surface area contributed by atoms with Gasteiger partial charge in [-0.3, -0.25) is 19.4 Å². The molecule has 1 saturated heterocycles. The molecule has 0 spiro atoms. The van der Waals surface area contributed by atoms with Gasteiger partial charge in [-0.2, -0.15) is 0 Å². The van der Waals surface area contributed by atoms with Gasteiger partial charge in [-0.25, -0.2) is 0 Å². The second kappa shape index (κ2) is 11.3. The number of carboxylic acid groups (broad SMARTS) is 1. The number of carbonyl (C=O) groups is 2. The first-order chi connectivity index (χ1) is 16.2. The zero-order valence-electron chi connectivity index (χ0n) is 20.6. The van der Waals surface area contributed by atoms with Crippen molar-refractivity contribution in [1.82, 2.24) is 14.9 Å². The first-order valence-corrected chi connectivity index (χ1v) is 12.1. The number of pyridine rings is 2. The average Bonchev–Trinajstić information content (AvgIpc) is 2.78. The Labute approximate surface area is 201 Å². The Morgan fingerprint density at radius 3 is 2.47 bits per heavy atom. The van der Waals surface area contributed by atoms with E-state index >= 15 is 0 Å². The van der Waals surface area contributed by atoms with E-state index in [-0.39, 0.29) is 23.8 Å². The van der Waals surface area contributed by atoms with Crippen LogP contribution in [-0.4, -0.2) is 39.6 Å². The molecule has 2 N–H and O–H groups in total. The molecular weight excluding hydrogens is 432 g/mol. The van der Waals surface area contributed by atoms with Gasteiger partial charge in [0.05, 0.1) is 23.8 Å². The monoisotopic (exact) mass is 468 g/mol. The summed E-state index contributed by atoms with van der Waals surface area (Å²) in [5.41, 5.74) is 3.09. The molecule has 34 heavy (non-hydrogen) atoms. The molecule has 0 aliphatic carbocycles. The molecule has 0 radical (unpaired) electrons. The van der Waals surface area contributed by atoms with Gasteiger partial charge in [0.2, 0.25) is 5.91 Å². The van der Waals surface area contributed by atoms with Gasteiger partial charge >= 0.3 is 5.97 Å². The van der Waals surface area contributed by atoms with Crippen LogP contribution in [0.15, 0.2) is 35.4 Å². The summed E-state index contributed by atoms with van der Waals surface area (Å²) in [7, 11) is 0. The van der Waals surface area contributed by atoms with Gasteiger partial charge in [0, 0.05) is 31.5 Å². The molecule has 8 nitrogen and oxygen atoms in total. The Bertz CT molecular complexity index is 1070. The maximum Gasteiger partial charge on any atom is 0.305 e. The van der Waals surface area contributed by atoms with E-state index in [4.69, 9.17) is 0 Å². The van der Waals surface area contributed by atoms with Crippen LogP contribution in [-0.2, 0) is 9.59 Å². The van der Waals surface area contributed by atoms with Crippen LogP contribution in [0.3, 0.4) is 0 Å². The average molecular weight is 469 g/mol. The molecule has 2 atom stereocenters. The number of carbonyl (C=O) groups excluding carboxylic acids is 1. The van der Waals surface area contributed by atoms with Gasteiger partial charge < -0.3 is 19.9 Å². The summed E-state index contributed by atoms with van der Waals surface area (Å²) in [6.07, 6.45) is 6.90. The predicted octanol–water partition coefficient (Wildman–Crippen LogP) is 3.77. The Balaban J connectivity index is 1.92. The minimum absolute atomic E-state index is 0.161.